The van der Waals surface area contributed by atoms with Crippen LogP contribution in [0.2, 0.25) is 0 Å². The molecule has 8 nitrogen and oxygen atoms in total. The molecule has 1 saturated heterocycles. The number of carbonyl (C=O) groups is 2. The van der Waals surface area contributed by atoms with E-state index in [9.17, 15) is 22.8 Å². The number of piperazine rings is 1. The molecule has 11 heteroatoms. The minimum atomic E-state index is -4.81. The number of rotatable bonds is 4. The van der Waals surface area contributed by atoms with Crippen LogP contribution in [0.25, 0.3) is 22.0 Å². The van der Waals surface area contributed by atoms with Gasteiger partial charge in [-0.05, 0) is 73.1 Å². The Kier molecular flexibility index (Phi) is 7.16. The maximum absolute atomic E-state index is 14.0. The van der Waals surface area contributed by atoms with Gasteiger partial charge >= 0.3 is 6.18 Å². The molecule has 0 atom stereocenters. The van der Waals surface area contributed by atoms with Crippen LogP contribution < -0.4 is 11.1 Å². The van der Waals surface area contributed by atoms with Crippen LogP contribution in [-0.2, 0) is 6.18 Å². The number of benzene rings is 3. The molecule has 4 aromatic rings. The standard InChI is InChI=1S/C29H27F3N6O2/c1-17-3-6-21(15-23(17)18-5-8-25-20(13-18)16-34-28(33)36-25)35-26(39)19-4-7-22(24(14-19)29(30,31)32)27(40)38-11-9-37(2)10-12-38/h3-8,13-16H,9-12H2,1-2H3,(H,35,39)(H2,33,34,36). The summed E-state index contributed by atoms with van der Waals surface area (Å²) < 4.78 is 42.0. The molecule has 3 aromatic carbocycles. The fourth-order valence-electron chi connectivity index (χ4n) is 4.72. The van der Waals surface area contributed by atoms with E-state index >= 15 is 0 Å². The van der Waals surface area contributed by atoms with Crippen LogP contribution in [0.1, 0.15) is 31.8 Å². The molecular formula is C29H27F3N6O2. The first kappa shape index (κ1) is 27.1. The highest BCUT2D eigenvalue weighted by molar-refractivity contribution is 6.06. The Balaban J connectivity index is 1.41. The van der Waals surface area contributed by atoms with Gasteiger partial charge in [0.15, 0.2) is 0 Å². The summed E-state index contributed by atoms with van der Waals surface area (Å²) in [5.41, 5.74) is 7.56. The van der Waals surface area contributed by atoms with Gasteiger partial charge in [0.25, 0.3) is 11.8 Å². The zero-order valence-corrected chi connectivity index (χ0v) is 21.9. The van der Waals surface area contributed by atoms with Crippen LogP contribution >= 0.6 is 0 Å². The number of nitrogens with one attached hydrogen (secondary N) is 1. The molecule has 0 saturated carbocycles. The molecule has 0 unspecified atom stereocenters. The average Bonchev–Trinajstić information content (AvgIpc) is 2.93. The molecule has 40 heavy (non-hydrogen) atoms. The van der Waals surface area contributed by atoms with Crippen LogP contribution in [0.3, 0.4) is 0 Å². The Morgan fingerprint density at radius 2 is 1.73 bits per heavy atom. The summed E-state index contributed by atoms with van der Waals surface area (Å²) >= 11 is 0. The summed E-state index contributed by atoms with van der Waals surface area (Å²) in [7, 11) is 1.89. The quantitative estimate of drug-likeness (QED) is 0.378. The average molecular weight is 549 g/mol. The van der Waals surface area contributed by atoms with E-state index in [1.54, 1.807) is 18.3 Å². The van der Waals surface area contributed by atoms with Crippen molar-refractivity contribution in [3.8, 4) is 11.1 Å². The predicted octanol–water partition coefficient (Wildman–Crippen LogP) is 4.85. The maximum atomic E-state index is 14.0. The first-order chi connectivity index (χ1) is 19.0. The summed E-state index contributed by atoms with van der Waals surface area (Å²) in [6.45, 7) is 3.74. The Hall–Kier alpha value is -4.51. The third-order valence-electron chi connectivity index (χ3n) is 7.01. The lowest BCUT2D eigenvalue weighted by atomic mass is 9.98. The number of fused-ring (bicyclic) bond motifs is 1. The van der Waals surface area contributed by atoms with E-state index in [2.05, 4.69) is 15.3 Å². The molecule has 0 bridgehead atoms. The molecule has 0 radical (unpaired) electrons. The topological polar surface area (TPSA) is 104 Å². The molecule has 1 fully saturated rings. The molecule has 2 heterocycles. The second-order valence-electron chi connectivity index (χ2n) is 9.84. The molecule has 1 aliphatic heterocycles. The van der Waals surface area contributed by atoms with E-state index in [-0.39, 0.29) is 11.5 Å². The van der Waals surface area contributed by atoms with Crippen LogP contribution in [0.5, 0.6) is 0 Å². The van der Waals surface area contributed by atoms with Gasteiger partial charge < -0.3 is 20.9 Å². The Morgan fingerprint density at radius 1 is 0.975 bits per heavy atom. The van der Waals surface area contributed by atoms with Gasteiger partial charge in [-0.25, -0.2) is 9.97 Å². The largest absolute Gasteiger partial charge is 0.417 e. The van der Waals surface area contributed by atoms with E-state index in [1.807, 2.05) is 43.1 Å². The van der Waals surface area contributed by atoms with Gasteiger partial charge in [-0.2, -0.15) is 13.2 Å². The first-order valence-corrected chi connectivity index (χ1v) is 12.6. The summed E-state index contributed by atoms with van der Waals surface area (Å²) in [5.74, 6) is -1.24. The molecule has 2 amide bonds. The van der Waals surface area contributed by atoms with Crippen LogP contribution in [0, 0.1) is 6.92 Å². The Labute approximate surface area is 228 Å². The number of hydrogen-bond donors (Lipinski definition) is 2. The van der Waals surface area contributed by atoms with Crippen molar-refractivity contribution in [3.05, 3.63) is 83.0 Å². The van der Waals surface area contributed by atoms with E-state index in [4.69, 9.17) is 5.73 Å². The number of likely N-dealkylation sites (N-methyl/N-ethyl adjacent to an activating group) is 1. The van der Waals surface area contributed by atoms with Crippen molar-refractivity contribution in [3.63, 3.8) is 0 Å². The number of nitrogens with zero attached hydrogens (tertiary/aromatic N) is 4. The lowest BCUT2D eigenvalue weighted by Gasteiger charge is -2.33. The van der Waals surface area contributed by atoms with Gasteiger partial charge in [-0.3, -0.25) is 9.59 Å². The van der Waals surface area contributed by atoms with Crippen LogP contribution in [0.4, 0.5) is 24.8 Å². The number of aryl methyl sites for hydroxylation is 1. The highest BCUT2D eigenvalue weighted by atomic mass is 19.4. The fraction of sp³-hybridized carbons (Fsp3) is 0.241. The molecule has 0 aliphatic carbocycles. The predicted molar refractivity (Wildman–Crippen MR) is 147 cm³/mol. The first-order valence-electron chi connectivity index (χ1n) is 12.6. The van der Waals surface area contributed by atoms with E-state index in [1.165, 1.54) is 11.0 Å². The highest BCUT2D eigenvalue weighted by Gasteiger charge is 2.37. The Morgan fingerprint density at radius 3 is 2.45 bits per heavy atom. The number of carbonyl (C=O) groups excluding carboxylic acids is 2. The molecular weight excluding hydrogens is 521 g/mol. The molecule has 3 N–H and O–H groups in total. The van der Waals surface area contributed by atoms with E-state index in [0.29, 0.717) is 37.4 Å². The van der Waals surface area contributed by atoms with Gasteiger partial charge in [-0.1, -0.05) is 12.1 Å². The number of anilines is 2. The summed E-state index contributed by atoms with van der Waals surface area (Å²) in [6.07, 6.45) is -3.19. The van der Waals surface area contributed by atoms with Crippen molar-refractivity contribution in [2.45, 2.75) is 13.1 Å². The summed E-state index contributed by atoms with van der Waals surface area (Å²) in [6, 6.07) is 13.9. The number of alkyl halides is 3. The van der Waals surface area contributed by atoms with Gasteiger partial charge in [0.1, 0.15) is 0 Å². The number of halogens is 3. The third kappa shape index (κ3) is 5.59. The highest BCUT2D eigenvalue weighted by Crippen LogP contribution is 2.34. The van der Waals surface area contributed by atoms with Crippen molar-refractivity contribution >= 4 is 34.4 Å². The minimum absolute atomic E-state index is 0.173. The zero-order chi connectivity index (χ0) is 28.6. The summed E-state index contributed by atoms with van der Waals surface area (Å²) in [4.78, 5) is 37.6. The van der Waals surface area contributed by atoms with Crippen molar-refractivity contribution in [2.24, 2.45) is 0 Å². The number of hydrogen-bond acceptors (Lipinski definition) is 6. The van der Waals surface area contributed by atoms with Crippen molar-refractivity contribution in [1.82, 2.24) is 19.8 Å². The van der Waals surface area contributed by atoms with Crippen molar-refractivity contribution in [1.29, 1.82) is 0 Å². The molecule has 5 rings (SSSR count). The lowest BCUT2D eigenvalue weighted by molar-refractivity contribution is -0.138. The second kappa shape index (κ2) is 10.6. The zero-order valence-electron chi connectivity index (χ0n) is 21.9. The van der Waals surface area contributed by atoms with Gasteiger partial charge in [0.05, 0.1) is 16.6 Å². The fourth-order valence-corrected chi connectivity index (χ4v) is 4.72. The maximum Gasteiger partial charge on any atom is 0.417 e. The number of amides is 2. The van der Waals surface area contributed by atoms with Gasteiger partial charge in [0, 0.05) is 49.0 Å². The minimum Gasteiger partial charge on any atom is -0.368 e. The number of aromatic nitrogens is 2. The molecule has 206 valence electrons. The van der Waals surface area contributed by atoms with E-state index < -0.39 is 29.1 Å². The molecule has 0 spiro atoms. The van der Waals surface area contributed by atoms with Crippen LogP contribution in [-0.4, -0.2) is 64.8 Å². The van der Waals surface area contributed by atoms with Crippen LogP contribution in [0.15, 0.2) is 60.8 Å². The van der Waals surface area contributed by atoms with Gasteiger partial charge in [-0.15, -0.1) is 0 Å². The monoisotopic (exact) mass is 548 g/mol. The smallest absolute Gasteiger partial charge is 0.368 e. The Bertz CT molecular complexity index is 1610. The normalized spacial score (nSPS) is 14.4. The third-order valence-corrected chi connectivity index (χ3v) is 7.01. The van der Waals surface area contributed by atoms with Crippen molar-refractivity contribution in [2.75, 3.05) is 44.3 Å². The van der Waals surface area contributed by atoms with Gasteiger partial charge in [0.2, 0.25) is 5.95 Å². The second-order valence-corrected chi connectivity index (χ2v) is 9.84. The molecule has 1 aliphatic rings. The van der Waals surface area contributed by atoms with E-state index in [0.717, 1.165) is 34.2 Å². The SMILES string of the molecule is Cc1ccc(NC(=O)c2ccc(C(=O)N3CCN(C)CC3)c(C(F)(F)F)c2)cc1-c1ccc2nc(N)ncc2c1. The number of nitrogen functional groups attached to an aromatic ring is 1. The van der Waals surface area contributed by atoms with Crippen molar-refractivity contribution < 1.29 is 22.8 Å². The molecule has 1 aromatic heterocycles. The number of nitrogens with two attached hydrogens (primary N) is 1. The summed E-state index contributed by atoms with van der Waals surface area (Å²) in [5, 5.41) is 3.47. The lowest BCUT2D eigenvalue weighted by Crippen LogP contribution is -2.47.